The number of hydrogen-bond donors (Lipinski definition) is 1. The van der Waals surface area contributed by atoms with E-state index in [0.29, 0.717) is 0 Å². The van der Waals surface area contributed by atoms with Crippen molar-refractivity contribution >= 4 is 51.2 Å². The van der Waals surface area contributed by atoms with Gasteiger partial charge in [-0.3, -0.25) is 0 Å². The minimum atomic E-state index is 0.721. The van der Waals surface area contributed by atoms with E-state index in [1.165, 1.54) is 5.57 Å². The molecular formula is C21H23Cl2N7. The lowest BCUT2D eigenvalue weighted by Gasteiger charge is -2.34. The molecule has 2 aliphatic rings. The van der Waals surface area contributed by atoms with Crippen molar-refractivity contribution in [3.63, 3.8) is 0 Å². The van der Waals surface area contributed by atoms with E-state index in [-0.39, 0.29) is 0 Å². The Balaban J connectivity index is 1.30. The number of rotatable bonds is 4. The van der Waals surface area contributed by atoms with Crippen LogP contribution in [0, 0.1) is 0 Å². The fourth-order valence-corrected chi connectivity index (χ4v) is 4.80. The lowest BCUT2D eigenvalue weighted by Crippen LogP contribution is -2.47. The van der Waals surface area contributed by atoms with Crippen molar-refractivity contribution in [2.24, 2.45) is 0 Å². The van der Waals surface area contributed by atoms with Gasteiger partial charge in [-0.1, -0.05) is 37.0 Å². The van der Waals surface area contributed by atoms with Gasteiger partial charge in [0.25, 0.3) is 0 Å². The summed E-state index contributed by atoms with van der Waals surface area (Å²) in [5.74, 6) is 1.50. The molecule has 0 unspecified atom stereocenters. The van der Waals surface area contributed by atoms with Gasteiger partial charge >= 0.3 is 0 Å². The van der Waals surface area contributed by atoms with Crippen LogP contribution in [-0.4, -0.2) is 51.1 Å². The lowest BCUT2D eigenvalue weighted by molar-refractivity contribution is 0.627. The average Bonchev–Trinajstić information content (AvgIpc) is 3.29. The maximum absolute atomic E-state index is 6.45. The summed E-state index contributed by atoms with van der Waals surface area (Å²) in [6.45, 7) is 7.43. The van der Waals surface area contributed by atoms with Crippen LogP contribution in [0.3, 0.4) is 0 Å². The van der Waals surface area contributed by atoms with Crippen molar-refractivity contribution in [2.45, 2.75) is 33.1 Å². The van der Waals surface area contributed by atoms with Gasteiger partial charge in [-0.15, -0.1) is 0 Å². The standard InChI is InChI=1S/C21H23Cl2N7/c1-3-12-9-16-13(17(12)22)10-24-20(27-16)29-5-7-30(8-6-29)21-25-11-14-18(23)15(4-2)26-19(14)28-21/h10-11H,3-9H2,1-2H3,(H,25,26,28). The monoisotopic (exact) mass is 443 g/mol. The van der Waals surface area contributed by atoms with Gasteiger partial charge in [-0.2, -0.15) is 4.98 Å². The van der Waals surface area contributed by atoms with E-state index in [2.05, 4.69) is 38.6 Å². The van der Waals surface area contributed by atoms with Crippen molar-refractivity contribution in [2.75, 3.05) is 36.0 Å². The number of halogens is 2. The van der Waals surface area contributed by atoms with Gasteiger partial charge in [0, 0.05) is 56.3 Å². The number of H-pyrrole nitrogens is 1. The van der Waals surface area contributed by atoms with Crippen molar-refractivity contribution in [1.82, 2.24) is 24.9 Å². The Bertz CT molecular complexity index is 1150. The molecule has 4 heterocycles. The van der Waals surface area contributed by atoms with E-state index in [1.54, 1.807) is 0 Å². The second-order valence-electron chi connectivity index (χ2n) is 7.66. The second kappa shape index (κ2) is 7.71. The van der Waals surface area contributed by atoms with E-state index in [4.69, 9.17) is 33.2 Å². The smallest absolute Gasteiger partial charge is 0.227 e. The number of nitrogens with zero attached hydrogens (tertiary/aromatic N) is 6. The fraction of sp³-hybridized carbons (Fsp3) is 0.429. The van der Waals surface area contributed by atoms with Crippen LogP contribution in [0.5, 0.6) is 0 Å². The zero-order valence-electron chi connectivity index (χ0n) is 17.0. The van der Waals surface area contributed by atoms with Gasteiger partial charge in [0.15, 0.2) is 0 Å². The zero-order chi connectivity index (χ0) is 20.8. The zero-order valence-corrected chi connectivity index (χ0v) is 18.6. The summed E-state index contributed by atoms with van der Waals surface area (Å²) in [5.41, 5.74) is 5.05. The number of anilines is 2. The number of piperazine rings is 1. The molecule has 1 saturated heterocycles. The summed E-state index contributed by atoms with van der Waals surface area (Å²) in [6.07, 6.45) is 6.29. The molecule has 156 valence electrons. The molecule has 1 N–H and O–H groups in total. The molecule has 7 nitrogen and oxygen atoms in total. The fourth-order valence-electron chi connectivity index (χ4n) is 4.12. The molecule has 0 bridgehead atoms. The maximum atomic E-state index is 6.45. The number of aromatic nitrogens is 5. The van der Waals surface area contributed by atoms with Gasteiger partial charge in [-0.05, 0) is 18.4 Å². The van der Waals surface area contributed by atoms with Crippen LogP contribution in [0.15, 0.2) is 18.0 Å². The molecule has 9 heteroatoms. The molecule has 1 aliphatic carbocycles. The third-order valence-electron chi connectivity index (χ3n) is 5.96. The van der Waals surface area contributed by atoms with Crippen molar-refractivity contribution in [3.8, 4) is 0 Å². The molecule has 0 atom stereocenters. The molecule has 0 aromatic carbocycles. The topological polar surface area (TPSA) is 73.8 Å². The molecule has 1 fully saturated rings. The Kier molecular flexibility index (Phi) is 5.03. The van der Waals surface area contributed by atoms with Gasteiger partial charge < -0.3 is 14.8 Å². The summed E-state index contributed by atoms with van der Waals surface area (Å²) in [6, 6.07) is 0. The van der Waals surface area contributed by atoms with E-state index in [9.17, 15) is 0 Å². The quantitative estimate of drug-likeness (QED) is 0.650. The van der Waals surface area contributed by atoms with Crippen LogP contribution in [0.25, 0.3) is 16.1 Å². The molecule has 0 amide bonds. The summed E-state index contributed by atoms with van der Waals surface area (Å²) < 4.78 is 0. The molecule has 30 heavy (non-hydrogen) atoms. The minimum Gasteiger partial charge on any atom is -0.342 e. The Morgan fingerprint density at radius 3 is 2.27 bits per heavy atom. The SMILES string of the molecule is CCC1=C(Cl)c2cnc(N3CCN(c4ncc5c(Cl)c(CC)[nH]c5n4)CC3)nc2C1. The Hall–Kier alpha value is -2.38. The lowest BCUT2D eigenvalue weighted by atomic mass is 10.2. The third kappa shape index (κ3) is 3.20. The highest BCUT2D eigenvalue weighted by Crippen LogP contribution is 2.36. The Morgan fingerprint density at radius 2 is 1.60 bits per heavy atom. The summed E-state index contributed by atoms with van der Waals surface area (Å²) in [7, 11) is 0. The molecule has 0 spiro atoms. The summed E-state index contributed by atoms with van der Waals surface area (Å²) in [5, 5.41) is 2.42. The number of fused-ring (bicyclic) bond motifs is 2. The van der Waals surface area contributed by atoms with E-state index >= 15 is 0 Å². The minimum absolute atomic E-state index is 0.721. The van der Waals surface area contributed by atoms with E-state index in [1.807, 2.05) is 12.4 Å². The number of allylic oxidation sites excluding steroid dienone is 1. The van der Waals surface area contributed by atoms with Gasteiger partial charge in [0.1, 0.15) is 5.65 Å². The first kappa shape index (κ1) is 19.6. The second-order valence-corrected chi connectivity index (χ2v) is 8.41. The van der Waals surface area contributed by atoms with Gasteiger partial charge in [0.2, 0.25) is 11.9 Å². The highest BCUT2D eigenvalue weighted by Gasteiger charge is 2.25. The highest BCUT2D eigenvalue weighted by molar-refractivity contribution is 6.49. The first-order chi connectivity index (χ1) is 14.6. The molecule has 3 aromatic rings. The van der Waals surface area contributed by atoms with Crippen molar-refractivity contribution in [1.29, 1.82) is 0 Å². The average molecular weight is 444 g/mol. The largest absolute Gasteiger partial charge is 0.342 e. The third-order valence-corrected chi connectivity index (χ3v) is 6.86. The predicted molar refractivity (Wildman–Crippen MR) is 122 cm³/mol. The number of aryl methyl sites for hydroxylation is 1. The number of hydrogen-bond acceptors (Lipinski definition) is 6. The number of aromatic amines is 1. The normalized spacial score (nSPS) is 16.7. The molecule has 1 aliphatic heterocycles. The Morgan fingerprint density at radius 1 is 0.933 bits per heavy atom. The van der Waals surface area contributed by atoms with Gasteiger partial charge in [0.05, 0.1) is 21.1 Å². The highest BCUT2D eigenvalue weighted by atomic mass is 35.5. The van der Waals surface area contributed by atoms with Crippen molar-refractivity contribution < 1.29 is 0 Å². The van der Waals surface area contributed by atoms with E-state index < -0.39 is 0 Å². The molecule has 0 saturated carbocycles. The van der Waals surface area contributed by atoms with Crippen LogP contribution in [0.2, 0.25) is 5.02 Å². The van der Waals surface area contributed by atoms with Gasteiger partial charge in [-0.25, -0.2) is 15.0 Å². The van der Waals surface area contributed by atoms with Crippen LogP contribution >= 0.6 is 23.2 Å². The first-order valence-corrected chi connectivity index (χ1v) is 11.1. The van der Waals surface area contributed by atoms with Crippen LogP contribution < -0.4 is 9.80 Å². The van der Waals surface area contributed by atoms with Crippen LogP contribution in [0.1, 0.15) is 37.2 Å². The summed E-state index contributed by atoms with van der Waals surface area (Å²) >= 11 is 12.8. The van der Waals surface area contributed by atoms with Crippen LogP contribution in [-0.2, 0) is 12.8 Å². The Labute approximate surface area is 185 Å². The van der Waals surface area contributed by atoms with Crippen LogP contribution in [0.4, 0.5) is 11.9 Å². The number of nitrogens with one attached hydrogen (secondary N) is 1. The predicted octanol–water partition coefficient (Wildman–Crippen LogP) is 4.21. The van der Waals surface area contributed by atoms with Crippen molar-refractivity contribution in [3.05, 3.63) is 39.9 Å². The molecule has 3 aromatic heterocycles. The maximum Gasteiger partial charge on any atom is 0.227 e. The summed E-state index contributed by atoms with van der Waals surface area (Å²) in [4.78, 5) is 26.4. The molecule has 5 rings (SSSR count). The van der Waals surface area contributed by atoms with E-state index in [0.717, 1.165) is 95.4 Å². The molecule has 0 radical (unpaired) electrons. The molecular weight excluding hydrogens is 421 g/mol. The first-order valence-electron chi connectivity index (χ1n) is 10.4.